The summed E-state index contributed by atoms with van der Waals surface area (Å²) in [5.74, 6) is -1.03. The summed E-state index contributed by atoms with van der Waals surface area (Å²) >= 11 is 1.09. The van der Waals surface area contributed by atoms with Gasteiger partial charge in [0, 0.05) is 6.20 Å². The van der Waals surface area contributed by atoms with E-state index in [0.717, 1.165) is 17.8 Å². The zero-order valence-corrected chi connectivity index (χ0v) is 9.41. The van der Waals surface area contributed by atoms with Crippen LogP contribution in [0, 0.1) is 5.82 Å². The number of carboxylic acids is 1. The summed E-state index contributed by atoms with van der Waals surface area (Å²) in [6.07, 6.45) is 2.80. The van der Waals surface area contributed by atoms with Crippen LogP contribution >= 0.6 is 11.8 Å². The molecule has 0 aliphatic heterocycles. The first-order chi connectivity index (χ1) is 8.18. The van der Waals surface area contributed by atoms with E-state index >= 15 is 0 Å². The maximum absolute atomic E-state index is 13.7. The van der Waals surface area contributed by atoms with Gasteiger partial charge < -0.3 is 9.52 Å². The Morgan fingerprint density at radius 3 is 3.00 bits per heavy atom. The van der Waals surface area contributed by atoms with Crippen LogP contribution in [0.3, 0.4) is 0 Å². The van der Waals surface area contributed by atoms with Gasteiger partial charge in [-0.15, -0.1) is 0 Å². The molecule has 0 radical (unpaired) electrons. The Morgan fingerprint density at radius 2 is 2.35 bits per heavy atom. The molecule has 1 N–H and O–H groups in total. The van der Waals surface area contributed by atoms with Gasteiger partial charge in [-0.2, -0.15) is 0 Å². The second kappa shape index (κ2) is 5.01. The molecule has 2 heterocycles. The molecule has 0 saturated heterocycles. The molecule has 0 fully saturated rings. The van der Waals surface area contributed by atoms with Gasteiger partial charge in [-0.05, 0) is 18.2 Å². The number of carbonyl (C=O) groups is 1. The summed E-state index contributed by atoms with van der Waals surface area (Å²) < 4.78 is 18.7. The molecule has 0 bridgehead atoms. The minimum absolute atomic E-state index is 0.0568. The van der Waals surface area contributed by atoms with Crippen molar-refractivity contribution < 1.29 is 18.7 Å². The molecule has 0 aromatic carbocycles. The second-order valence-corrected chi connectivity index (χ2v) is 4.11. The predicted octanol–water partition coefficient (Wildman–Crippen LogP) is 2.80. The Hall–Kier alpha value is -1.82. The van der Waals surface area contributed by atoms with E-state index < -0.39 is 11.8 Å². The Morgan fingerprint density at radius 1 is 1.53 bits per heavy atom. The molecule has 0 amide bonds. The first-order valence-corrected chi connectivity index (χ1v) is 5.70. The summed E-state index contributed by atoms with van der Waals surface area (Å²) in [5.41, 5.74) is -0.373. The largest absolute Gasteiger partial charge is 0.478 e. The van der Waals surface area contributed by atoms with Gasteiger partial charge in [0.15, 0.2) is 5.82 Å². The van der Waals surface area contributed by atoms with Gasteiger partial charge in [0.05, 0.1) is 17.6 Å². The van der Waals surface area contributed by atoms with Crippen molar-refractivity contribution in [3.63, 3.8) is 0 Å². The topological polar surface area (TPSA) is 63.3 Å². The summed E-state index contributed by atoms with van der Waals surface area (Å²) in [6, 6.07) is 4.62. The monoisotopic (exact) mass is 253 g/mol. The number of furan rings is 1. The maximum atomic E-state index is 13.7. The van der Waals surface area contributed by atoms with Crippen LogP contribution in [0.25, 0.3) is 0 Å². The summed E-state index contributed by atoms with van der Waals surface area (Å²) in [5, 5.41) is 8.80. The average molecular weight is 253 g/mol. The average Bonchev–Trinajstić information content (AvgIpc) is 2.80. The SMILES string of the molecule is O=C(O)c1ccnc(SCc2ccco2)c1F. The zero-order chi connectivity index (χ0) is 12.3. The summed E-state index contributed by atoms with van der Waals surface area (Å²) in [4.78, 5) is 14.5. The molecule has 0 atom stereocenters. The van der Waals surface area contributed by atoms with Gasteiger partial charge in [0.2, 0.25) is 0 Å². The standard InChI is InChI=1S/C11H8FNO3S/c12-9-8(11(14)15)3-4-13-10(9)17-6-7-2-1-5-16-7/h1-5H,6H2,(H,14,15). The van der Waals surface area contributed by atoms with Crippen molar-refractivity contribution in [2.45, 2.75) is 10.8 Å². The quantitative estimate of drug-likeness (QED) is 0.849. The molecule has 6 heteroatoms. The van der Waals surface area contributed by atoms with Crippen LogP contribution in [-0.4, -0.2) is 16.1 Å². The van der Waals surface area contributed by atoms with Crippen molar-refractivity contribution in [1.29, 1.82) is 0 Å². The number of nitrogens with zero attached hydrogens (tertiary/aromatic N) is 1. The van der Waals surface area contributed by atoms with E-state index in [1.54, 1.807) is 12.1 Å². The number of aromatic carboxylic acids is 1. The number of aromatic nitrogens is 1. The lowest BCUT2D eigenvalue weighted by Crippen LogP contribution is -2.02. The van der Waals surface area contributed by atoms with E-state index in [-0.39, 0.29) is 10.6 Å². The van der Waals surface area contributed by atoms with Crippen LogP contribution < -0.4 is 0 Å². The first kappa shape index (κ1) is 11.7. The Bertz CT molecular complexity index is 528. The van der Waals surface area contributed by atoms with Crippen molar-refractivity contribution in [2.75, 3.05) is 0 Å². The number of hydrogen-bond acceptors (Lipinski definition) is 4. The number of hydrogen-bond donors (Lipinski definition) is 1. The fourth-order valence-corrected chi connectivity index (χ4v) is 2.04. The molecule has 2 aromatic heterocycles. The van der Waals surface area contributed by atoms with Gasteiger partial charge in [-0.1, -0.05) is 11.8 Å². The predicted molar refractivity (Wildman–Crippen MR) is 59.4 cm³/mol. The minimum Gasteiger partial charge on any atom is -0.478 e. The van der Waals surface area contributed by atoms with Crippen LogP contribution in [0.15, 0.2) is 40.1 Å². The van der Waals surface area contributed by atoms with E-state index in [4.69, 9.17) is 9.52 Å². The minimum atomic E-state index is -1.30. The molecule has 0 aliphatic rings. The summed E-state index contributed by atoms with van der Waals surface area (Å²) in [6.45, 7) is 0. The third-order valence-corrected chi connectivity index (χ3v) is 3.01. The molecule has 0 saturated carbocycles. The number of carboxylic acid groups (broad SMARTS) is 1. The smallest absolute Gasteiger partial charge is 0.338 e. The lowest BCUT2D eigenvalue weighted by Gasteiger charge is -2.02. The highest BCUT2D eigenvalue weighted by Crippen LogP contribution is 2.25. The van der Waals surface area contributed by atoms with Crippen molar-refractivity contribution in [3.8, 4) is 0 Å². The highest BCUT2D eigenvalue weighted by Gasteiger charge is 2.15. The van der Waals surface area contributed by atoms with Gasteiger partial charge in [-0.3, -0.25) is 0 Å². The third kappa shape index (κ3) is 2.65. The zero-order valence-electron chi connectivity index (χ0n) is 8.59. The molecule has 4 nitrogen and oxygen atoms in total. The fraction of sp³-hybridized carbons (Fsp3) is 0.0909. The van der Waals surface area contributed by atoms with E-state index in [1.807, 2.05) is 0 Å². The molecule has 17 heavy (non-hydrogen) atoms. The number of rotatable bonds is 4. The lowest BCUT2D eigenvalue weighted by atomic mass is 10.3. The van der Waals surface area contributed by atoms with E-state index in [0.29, 0.717) is 11.5 Å². The third-order valence-electron chi connectivity index (χ3n) is 2.02. The lowest BCUT2D eigenvalue weighted by molar-refractivity contribution is 0.0691. The van der Waals surface area contributed by atoms with E-state index in [9.17, 15) is 9.18 Å². The van der Waals surface area contributed by atoms with Crippen LogP contribution in [0.1, 0.15) is 16.1 Å². The van der Waals surface area contributed by atoms with Crippen LogP contribution in [0.5, 0.6) is 0 Å². The van der Waals surface area contributed by atoms with Gasteiger partial charge in [0.25, 0.3) is 0 Å². The van der Waals surface area contributed by atoms with Crippen LogP contribution in [-0.2, 0) is 5.75 Å². The molecule has 0 unspecified atom stereocenters. The van der Waals surface area contributed by atoms with E-state index in [1.165, 1.54) is 12.5 Å². The Labute approximate surface area is 100 Å². The molecule has 0 aliphatic carbocycles. The Kier molecular flexibility index (Phi) is 3.43. The van der Waals surface area contributed by atoms with Gasteiger partial charge in [0.1, 0.15) is 10.8 Å². The van der Waals surface area contributed by atoms with Gasteiger partial charge in [-0.25, -0.2) is 14.2 Å². The van der Waals surface area contributed by atoms with Crippen LogP contribution in [0.2, 0.25) is 0 Å². The van der Waals surface area contributed by atoms with Crippen molar-refractivity contribution in [2.24, 2.45) is 0 Å². The highest BCUT2D eigenvalue weighted by molar-refractivity contribution is 7.98. The molecular weight excluding hydrogens is 245 g/mol. The molecule has 2 rings (SSSR count). The maximum Gasteiger partial charge on any atom is 0.338 e. The second-order valence-electron chi connectivity index (χ2n) is 3.15. The number of halogens is 1. The first-order valence-electron chi connectivity index (χ1n) is 4.71. The highest BCUT2D eigenvalue weighted by atomic mass is 32.2. The van der Waals surface area contributed by atoms with Gasteiger partial charge >= 0.3 is 5.97 Å². The number of thioether (sulfide) groups is 1. The molecule has 88 valence electrons. The fourth-order valence-electron chi connectivity index (χ4n) is 1.22. The summed E-state index contributed by atoms with van der Waals surface area (Å²) in [7, 11) is 0. The van der Waals surface area contributed by atoms with Crippen molar-refractivity contribution in [1.82, 2.24) is 4.98 Å². The van der Waals surface area contributed by atoms with Crippen molar-refractivity contribution in [3.05, 3.63) is 47.8 Å². The van der Waals surface area contributed by atoms with E-state index in [2.05, 4.69) is 4.98 Å². The molecular formula is C11H8FNO3S. The Balaban J connectivity index is 2.16. The number of pyridine rings is 1. The molecule has 2 aromatic rings. The van der Waals surface area contributed by atoms with Crippen molar-refractivity contribution >= 4 is 17.7 Å². The van der Waals surface area contributed by atoms with Crippen LogP contribution in [0.4, 0.5) is 4.39 Å². The normalized spacial score (nSPS) is 10.4. The molecule has 0 spiro atoms.